The standard InChI is InChI=1S/C10H17N5O3/c1-3-14(4-2)10(18)11-5-6-15-7-8(9(16)17)12-13-15/h7H,3-6H2,1-2H3,(H,11,18)(H,16,17). The molecule has 0 unspecified atom stereocenters. The molecule has 0 saturated carbocycles. The lowest BCUT2D eigenvalue weighted by atomic mass is 10.5. The van der Waals surface area contributed by atoms with Crippen molar-refractivity contribution >= 4 is 12.0 Å². The van der Waals surface area contributed by atoms with Gasteiger partial charge in [0.25, 0.3) is 0 Å². The summed E-state index contributed by atoms with van der Waals surface area (Å²) in [6.45, 7) is 5.86. The average Bonchev–Trinajstić information content (AvgIpc) is 2.79. The van der Waals surface area contributed by atoms with Crippen LogP contribution >= 0.6 is 0 Å². The summed E-state index contributed by atoms with van der Waals surface area (Å²) in [4.78, 5) is 23.8. The van der Waals surface area contributed by atoms with Gasteiger partial charge in [0.15, 0.2) is 5.69 Å². The Balaban J connectivity index is 2.37. The van der Waals surface area contributed by atoms with Gasteiger partial charge in [0.2, 0.25) is 0 Å². The molecule has 8 nitrogen and oxygen atoms in total. The minimum Gasteiger partial charge on any atom is -0.476 e. The van der Waals surface area contributed by atoms with Gasteiger partial charge < -0.3 is 15.3 Å². The van der Waals surface area contributed by atoms with Crippen molar-refractivity contribution in [2.24, 2.45) is 0 Å². The van der Waals surface area contributed by atoms with Crippen LogP contribution in [0.1, 0.15) is 24.3 Å². The summed E-state index contributed by atoms with van der Waals surface area (Å²) < 4.78 is 1.38. The van der Waals surface area contributed by atoms with E-state index in [0.717, 1.165) is 0 Å². The minimum absolute atomic E-state index is 0.106. The summed E-state index contributed by atoms with van der Waals surface area (Å²) >= 11 is 0. The van der Waals surface area contributed by atoms with Crippen molar-refractivity contribution in [1.82, 2.24) is 25.2 Å². The maximum absolute atomic E-state index is 11.6. The quantitative estimate of drug-likeness (QED) is 0.746. The van der Waals surface area contributed by atoms with E-state index < -0.39 is 5.97 Å². The second-order valence-electron chi connectivity index (χ2n) is 3.58. The number of carboxylic acid groups (broad SMARTS) is 1. The Kier molecular flexibility index (Phi) is 5.09. The van der Waals surface area contributed by atoms with Crippen LogP contribution in [0.15, 0.2) is 6.20 Å². The number of hydrogen-bond donors (Lipinski definition) is 2. The first-order valence-electron chi connectivity index (χ1n) is 5.74. The zero-order valence-electron chi connectivity index (χ0n) is 10.5. The largest absolute Gasteiger partial charge is 0.476 e. The molecule has 0 aromatic carbocycles. The Morgan fingerprint density at radius 2 is 2.11 bits per heavy atom. The highest BCUT2D eigenvalue weighted by Crippen LogP contribution is 1.92. The van der Waals surface area contributed by atoms with Crippen molar-refractivity contribution in [3.63, 3.8) is 0 Å². The first kappa shape index (κ1) is 13.9. The van der Waals surface area contributed by atoms with Gasteiger partial charge in [-0.2, -0.15) is 0 Å². The van der Waals surface area contributed by atoms with E-state index in [1.807, 2.05) is 13.8 Å². The van der Waals surface area contributed by atoms with Crippen molar-refractivity contribution in [3.05, 3.63) is 11.9 Å². The predicted octanol–water partition coefficient (Wildman–Crippen LogP) is 0.0277. The number of carbonyl (C=O) groups is 2. The van der Waals surface area contributed by atoms with Crippen molar-refractivity contribution in [1.29, 1.82) is 0 Å². The number of nitrogens with one attached hydrogen (secondary N) is 1. The van der Waals surface area contributed by atoms with Crippen molar-refractivity contribution < 1.29 is 14.7 Å². The van der Waals surface area contributed by atoms with E-state index in [2.05, 4.69) is 15.6 Å². The van der Waals surface area contributed by atoms with Gasteiger partial charge in [0.05, 0.1) is 12.7 Å². The van der Waals surface area contributed by atoms with E-state index >= 15 is 0 Å². The Bertz CT molecular complexity index is 413. The summed E-state index contributed by atoms with van der Waals surface area (Å²) in [6.07, 6.45) is 1.33. The third-order valence-corrected chi connectivity index (χ3v) is 2.43. The molecule has 0 aliphatic heterocycles. The van der Waals surface area contributed by atoms with Gasteiger partial charge in [-0.1, -0.05) is 5.21 Å². The maximum Gasteiger partial charge on any atom is 0.358 e. The van der Waals surface area contributed by atoms with Crippen LogP contribution in [0.3, 0.4) is 0 Å². The van der Waals surface area contributed by atoms with E-state index in [0.29, 0.717) is 26.2 Å². The Hall–Kier alpha value is -2.12. The fraction of sp³-hybridized carbons (Fsp3) is 0.600. The molecule has 0 spiro atoms. The lowest BCUT2D eigenvalue weighted by Crippen LogP contribution is -2.40. The summed E-state index contributed by atoms with van der Waals surface area (Å²) in [5.41, 5.74) is -0.106. The Morgan fingerprint density at radius 3 is 2.61 bits per heavy atom. The summed E-state index contributed by atoms with van der Waals surface area (Å²) in [7, 11) is 0. The molecule has 100 valence electrons. The predicted molar refractivity (Wildman–Crippen MR) is 63.3 cm³/mol. The average molecular weight is 255 g/mol. The highest BCUT2D eigenvalue weighted by Gasteiger charge is 2.10. The zero-order chi connectivity index (χ0) is 13.5. The van der Waals surface area contributed by atoms with Crippen LogP contribution in [-0.2, 0) is 6.54 Å². The molecule has 2 amide bonds. The molecule has 1 aromatic heterocycles. The van der Waals surface area contributed by atoms with Crippen LogP contribution in [0, 0.1) is 0 Å². The number of nitrogens with zero attached hydrogens (tertiary/aromatic N) is 4. The second kappa shape index (κ2) is 6.58. The highest BCUT2D eigenvalue weighted by atomic mass is 16.4. The van der Waals surface area contributed by atoms with E-state index in [1.165, 1.54) is 10.9 Å². The SMILES string of the molecule is CCN(CC)C(=O)NCCn1cc(C(=O)O)nn1. The molecule has 0 fully saturated rings. The van der Waals surface area contributed by atoms with Crippen molar-refractivity contribution in [2.45, 2.75) is 20.4 Å². The lowest BCUT2D eigenvalue weighted by molar-refractivity contribution is 0.0690. The molecular weight excluding hydrogens is 238 g/mol. The fourth-order valence-corrected chi connectivity index (χ4v) is 1.41. The number of aromatic nitrogens is 3. The van der Waals surface area contributed by atoms with Gasteiger partial charge in [-0.15, -0.1) is 5.10 Å². The number of hydrogen-bond acceptors (Lipinski definition) is 4. The van der Waals surface area contributed by atoms with Crippen molar-refractivity contribution in [3.8, 4) is 0 Å². The lowest BCUT2D eigenvalue weighted by Gasteiger charge is -2.18. The van der Waals surface area contributed by atoms with E-state index in [1.54, 1.807) is 4.90 Å². The first-order chi connectivity index (χ1) is 8.58. The number of carboxylic acids is 1. The molecule has 0 bridgehead atoms. The normalized spacial score (nSPS) is 10.1. The number of aromatic carboxylic acids is 1. The van der Waals surface area contributed by atoms with Crippen LogP contribution in [0.2, 0.25) is 0 Å². The van der Waals surface area contributed by atoms with E-state index in [-0.39, 0.29) is 11.7 Å². The molecule has 1 aromatic rings. The number of urea groups is 1. The molecule has 0 saturated heterocycles. The minimum atomic E-state index is -1.12. The number of amides is 2. The molecule has 0 aliphatic carbocycles. The summed E-state index contributed by atoms with van der Waals surface area (Å²) in [5, 5.41) is 18.5. The molecule has 0 radical (unpaired) electrons. The molecule has 0 aliphatic rings. The fourth-order valence-electron chi connectivity index (χ4n) is 1.41. The third kappa shape index (κ3) is 3.72. The highest BCUT2D eigenvalue weighted by molar-refractivity contribution is 5.84. The van der Waals surface area contributed by atoms with Crippen LogP contribution in [0.4, 0.5) is 4.79 Å². The summed E-state index contributed by atoms with van der Waals surface area (Å²) in [5.74, 6) is -1.12. The van der Waals surface area contributed by atoms with Gasteiger partial charge in [-0.3, -0.25) is 0 Å². The zero-order valence-corrected chi connectivity index (χ0v) is 10.5. The van der Waals surface area contributed by atoms with Gasteiger partial charge >= 0.3 is 12.0 Å². The molecule has 18 heavy (non-hydrogen) atoms. The van der Waals surface area contributed by atoms with Crippen LogP contribution in [0.25, 0.3) is 0 Å². The molecule has 1 heterocycles. The van der Waals surface area contributed by atoms with Crippen LogP contribution < -0.4 is 5.32 Å². The van der Waals surface area contributed by atoms with Crippen LogP contribution in [0.5, 0.6) is 0 Å². The van der Waals surface area contributed by atoms with Gasteiger partial charge in [0, 0.05) is 19.6 Å². The molecule has 2 N–H and O–H groups in total. The topological polar surface area (TPSA) is 100 Å². The van der Waals surface area contributed by atoms with Crippen molar-refractivity contribution in [2.75, 3.05) is 19.6 Å². The number of rotatable bonds is 6. The molecule has 8 heteroatoms. The molecule has 0 atom stereocenters. The maximum atomic E-state index is 11.6. The van der Waals surface area contributed by atoms with E-state index in [4.69, 9.17) is 5.11 Å². The van der Waals surface area contributed by atoms with Gasteiger partial charge in [-0.25, -0.2) is 14.3 Å². The monoisotopic (exact) mass is 255 g/mol. The van der Waals surface area contributed by atoms with E-state index in [9.17, 15) is 9.59 Å². The first-order valence-corrected chi connectivity index (χ1v) is 5.74. The third-order valence-electron chi connectivity index (χ3n) is 2.43. The smallest absolute Gasteiger partial charge is 0.358 e. The summed E-state index contributed by atoms with van der Waals surface area (Å²) in [6, 6.07) is -0.140. The number of carbonyl (C=O) groups excluding carboxylic acids is 1. The Morgan fingerprint density at radius 1 is 1.44 bits per heavy atom. The second-order valence-corrected chi connectivity index (χ2v) is 3.58. The van der Waals surface area contributed by atoms with Gasteiger partial charge in [-0.05, 0) is 13.8 Å². The molecule has 1 rings (SSSR count). The Labute approximate surface area is 105 Å². The van der Waals surface area contributed by atoms with Gasteiger partial charge in [0.1, 0.15) is 0 Å². The van der Waals surface area contributed by atoms with Crippen LogP contribution in [-0.4, -0.2) is 56.6 Å². The molecular formula is C10H17N5O3.